The van der Waals surface area contributed by atoms with Gasteiger partial charge in [0.05, 0.1) is 16.7 Å². The number of piperazine rings is 1. The summed E-state index contributed by atoms with van der Waals surface area (Å²) in [6.45, 7) is 3.62. The van der Waals surface area contributed by atoms with Crippen molar-refractivity contribution in [2.24, 2.45) is 0 Å². The fourth-order valence-corrected chi connectivity index (χ4v) is 7.54. The van der Waals surface area contributed by atoms with E-state index in [1.54, 1.807) is 48.5 Å². The number of thiophene rings is 1. The number of anilines is 2. The molecule has 3 heterocycles. The van der Waals surface area contributed by atoms with Crippen LogP contribution in [0.3, 0.4) is 0 Å². The molecule has 2 aliphatic heterocycles. The SMILES string of the molecule is O=C(c1ccc(Cl)cc1)c1c(N2C(=O)c3ccccc3C2=O)sc(-c2ccccc2)c1CN1CCN(c2ccc(Cl)cc2)CC1. The summed E-state index contributed by atoms with van der Waals surface area (Å²) in [7, 11) is 0. The van der Waals surface area contributed by atoms with Gasteiger partial charge in [-0.15, -0.1) is 11.3 Å². The zero-order chi connectivity index (χ0) is 31.1. The average molecular weight is 653 g/mol. The minimum Gasteiger partial charge on any atom is -0.369 e. The van der Waals surface area contributed by atoms with Gasteiger partial charge in [0.1, 0.15) is 5.00 Å². The molecule has 4 aromatic carbocycles. The normalized spacial score (nSPS) is 15.1. The Kier molecular flexibility index (Phi) is 8.02. The highest BCUT2D eigenvalue weighted by molar-refractivity contribution is 7.20. The maximum absolute atomic E-state index is 14.5. The minimum atomic E-state index is -0.426. The van der Waals surface area contributed by atoms with Gasteiger partial charge in [-0.05, 0) is 71.8 Å². The number of halogens is 2. The molecule has 0 aliphatic carbocycles. The van der Waals surface area contributed by atoms with E-state index in [1.807, 2.05) is 54.6 Å². The van der Waals surface area contributed by atoms with Crippen molar-refractivity contribution in [2.75, 3.05) is 36.0 Å². The molecule has 7 rings (SSSR count). The van der Waals surface area contributed by atoms with E-state index in [2.05, 4.69) is 9.80 Å². The summed E-state index contributed by atoms with van der Waals surface area (Å²) >= 11 is 13.6. The van der Waals surface area contributed by atoms with Gasteiger partial charge in [0, 0.05) is 58.9 Å². The van der Waals surface area contributed by atoms with Crippen LogP contribution in [0, 0.1) is 0 Å². The number of rotatable bonds is 7. The lowest BCUT2D eigenvalue weighted by molar-refractivity contribution is 0.0927. The number of carbonyl (C=O) groups is 3. The van der Waals surface area contributed by atoms with Gasteiger partial charge in [0.15, 0.2) is 5.78 Å². The van der Waals surface area contributed by atoms with Crippen LogP contribution in [0.25, 0.3) is 10.4 Å². The van der Waals surface area contributed by atoms with E-state index in [4.69, 9.17) is 23.2 Å². The van der Waals surface area contributed by atoms with Crippen molar-refractivity contribution in [1.29, 1.82) is 0 Å². The number of amides is 2. The molecule has 2 aliphatic rings. The first-order valence-electron chi connectivity index (χ1n) is 14.6. The molecule has 1 saturated heterocycles. The molecule has 45 heavy (non-hydrogen) atoms. The van der Waals surface area contributed by atoms with Crippen LogP contribution in [-0.4, -0.2) is 48.7 Å². The number of carbonyl (C=O) groups excluding carboxylic acids is 3. The van der Waals surface area contributed by atoms with Gasteiger partial charge >= 0.3 is 0 Å². The van der Waals surface area contributed by atoms with Gasteiger partial charge in [0.2, 0.25) is 0 Å². The fourth-order valence-electron chi connectivity index (χ4n) is 5.98. The molecule has 1 aromatic heterocycles. The summed E-state index contributed by atoms with van der Waals surface area (Å²) < 4.78 is 0. The van der Waals surface area contributed by atoms with E-state index in [0.717, 1.165) is 47.9 Å². The molecular formula is C36H27Cl2N3O3S. The summed E-state index contributed by atoms with van der Waals surface area (Å²) in [5.74, 6) is -1.11. The van der Waals surface area contributed by atoms with E-state index < -0.39 is 11.8 Å². The van der Waals surface area contributed by atoms with Crippen molar-refractivity contribution < 1.29 is 14.4 Å². The molecule has 0 radical (unpaired) electrons. The molecule has 1 fully saturated rings. The van der Waals surface area contributed by atoms with E-state index in [0.29, 0.717) is 43.8 Å². The molecule has 0 saturated carbocycles. The summed E-state index contributed by atoms with van der Waals surface area (Å²) in [6.07, 6.45) is 0. The van der Waals surface area contributed by atoms with Gasteiger partial charge in [0.25, 0.3) is 11.8 Å². The van der Waals surface area contributed by atoms with Crippen molar-refractivity contribution in [3.63, 3.8) is 0 Å². The molecule has 0 unspecified atom stereocenters. The van der Waals surface area contributed by atoms with Gasteiger partial charge in [-0.25, -0.2) is 4.90 Å². The summed E-state index contributed by atoms with van der Waals surface area (Å²) in [5, 5.41) is 1.56. The second kappa shape index (κ2) is 12.3. The van der Waals surface area contributed by atoms with Crippen LogP contribution < -0.4 is 9.80 Å². The van der Waals surface area contributed by atoms with Gasteiger partial charge in [-0.3, -0.25) is 19.3 Å². The molecular weight excluding hydrogens is 625 g/mol. The van der Waals surface area contributed by atoms with E-state index in [-0.39, 0.29) is 5.78 Å². The Morgan fingerprint density at radius 1 is 0.689 bits per heavy atom. The van der Waals surface area contributed by atoms with Crippen molar-refractivity contribution in [3.8, 4) is 10.4 Å². The number of benzene rings is 4. The van der Waals surface area contributed by atoms with Crippen molar-refractivity contribution in [2.45, 2.75) is 6.54 Å². The van der Waals surface area contributed by atoms with Crippen LogP contribution in [-0.2, 0) is 6.54 Å². The Bertz CT molecular complexity index is 1880. The Morgan fingerprint density at radius 2 is 1.24 bits per heavy atom. The zero-order valence-electron chi connectivity index (χ0n) is 24.1. The number of fused-ring (bicyclic) bond motifs is 1. The highest BCUT2D eigenvalue weighted by Crippen LogP contribution is 2.46. The topological polar surface area (TPSA) is 60.9 Å². The standard InChI is InChI=1S/C36H27Cl2N3O3S/c37-25-12-10-23(11-13-25)32(42)31-30(22-39-18-20-40(21-19-39)27-16-14-26(38)15-17-27)33(24-6-2-1-3-7-24)45-36(31)41-34(43)28-8-4-5-9-29(28)35(41)44/h1-17H,18-22H2. The largest absolute Gasteiger partial charge is 0.369 e. The Hall–Kier alpha value is -4.27. The highest BCUT2D eigenvalue weighted by Gasteiger charge is 2.41. The predicted molar refractivity (Wildman–Crippen MR) is 181 cm³/mol. The smallest absolute Gasteiger partial charge is 0.266 e. The monoisotopic (exact) mass is 651 g/mol. The van der Waals surface area contributed by atoms with Crippen LogP contribution in [0.5, 0.6) is 0 Å². The molecule has 0 spiro atoms. The van der Waals surface area contributed by atoms with Crippen LogP contribution in [0.15, 0.2) is 103 Å². The number of imide groups is 1. The second-order valence-corrected chi connectivity index (χ2v) is 12.9. The molecule has 5 aromatic rings. The Labute approximate surface area is 275 Å². The molecule has 0 atom stereocenters. The molecule has 9 heteroatoms. The summed E-state index contributed by atoms with van der Waals surface area (Å²) in [4.78, 5) is 48.7. The van der Waals surface area contributed by atoms with Crippen LogP contribution in [0.2, 0.25) is 10.0 Å². The number of ketones is 1. The third-order valence-corrected chi connectivity index (χ3v) is 10.1. The van der Waals surface area contributed by atoms with Crippen LogP contribution in [0.1, 0.15) is 42.2 Å². The lowest BCUT2D eigenvalue weighted by atomic mass is 9.97. The summed E-state index contributed by atoms with van der Waals surface area (Å²) in [6, 6.07) is 31.2. The molecule has 0 N–H and O–H groups in total. The first-order valence-corrected chi connectivity index (χ1v) is 16.2. The average Bonchev–Trinajstić information content (AvgIpc) is 3.56. The van der Waals surface area contributed by atoms with E-state index >= 15 is 0 Å². The molecule has 6 nitrogen and oxygen atoms in total. The van der Waals surface area contributed by atoms with Crippen LogP contribution in [0.4, 0.5) is 10.7 Å². The van der Waals surface area contributed by atoms with E-state index in [1.165, 1.54) is 16.2 Å². The van der Waals surface area contributed by atoms with Crippen molar-refractivity contribution in [3.05, 3.63) is 141 Å². The molecule has 224 valence electrons. The minimum absolute atomic E-state index is 0.258. The van der Waals surface area contributed by atoms with Crippen LogP contribution >= 0.6 is 34.5 Å². The first kappa shape index (κ1) is 29.4. The van der Waals surface area contributed by atoms with Gasteiger partial charge in [-0.1, -0.05) is 65.7 Å². The third kappa shape index (κ3) is 5.57. The number of hydrogen-bond acceptors (Lipinski definition) is 6. The maximum Gasteiger partial charge on any atom is 0.266 e. The quantitative estimate of drug-likeness (QED) is 0.132. The fraction of sp³-hybridized carbons (Fsp3) is 0.139. The van der Waals surface area contributed by atoms with Gasteiger partial charge < -0.3 is 4.90 Å². The summed E-state index contributed by atoms with van der Waals surface area (Å²) in [5.41, 5.74) is 4.32. The number of hydrogen-bond donors (Lipinski definition) is 0. The second-order valence-electron chi connectivity index (χ2n) is 11.0. The molecule has 0 bridgehead atoms. The first-order chi connectivity index (χ1) is 21.9. The Balaban J connectivity index is 1.32. The third-order valence-electron chi connectivity index (χ3n) is 8.30. The zero-order valence-corrected chi connectivity index (χ0v) is 26.4. The lowest BCUT2D eigenvalue weighted by Crippen LogP contribution is -2.46. The highest BCUT2D eigenvalue weighted by atomic mass is 35.5. The van der Waals surface area contributed by atoms with E-state index in [9.17, 15) is 14.4 Å². The van der Waals surface area contributed by atoms with Crippen molar-refractivity contribution in [1.82, 2.24) is 4.90 Å². The Morgan fingerprint density at radius 3 is 1.84 bits per heavy atom. The number of nitrogens with zero attached hydrogens (tertiary/aromatic N) is 3. The molecule has 2 amide bonds. The lowest BCUT2D eigenvalue weighted by Gasteiger charge is -2.36. The van der Waals surface area contributed by atoms with Gasteiger partial charge in [-0.2, -0.15) is 0 Å². The predicted octanol–water partition coefficient (Wildman–Crippen LogP) is 8.08. The van der Waals surface area contributed by atoms with Crippen molar-refractivity contribution >= 4 is 62.8 Å². The maximum atomic E-state index is 14.5.